The number of nitrogens with one attached hydrogen (secondary N) is 2. The van der Waals surface area contributed by atoms with Gasteiger partial charge in [-0.25, -0.2) is 4.79 Å². The van der Waals surface area contributed by atoms with Crippen LogP contribution in [0.2, 0.25) is 0 Å². The number of hydrogen-bond acceptors (Lipinski definition) is 5. The smallest absolute Gasteiger partial charge is 0.408 e. The first-order valence-corrected chi connectivity index (χ1v) is 12.2. The number of rotatable bonds is 10. The minimum absolute atomic E-state index is 0.0277. The molecule has 186 valence electrons. The normalized spacial score (nSPS) is 14.2. The summed E-state index contributed by atoms with van der Waals surface area (Å²) in [4.78, 5) is 41.0. The van der Waals surface area contributed by atoms with Crippen molar-refractivity contribution in [2.45, 2.75) is 98.0 Å². The van der Waals surface area contributed by atoms with Crippen LogP contribution in [0.1, 0.15) is 78.5 Å². The lowest BCUT2D eigenvalue weighted by Crippen LogP contribution is -2.56. The number of aryl methyl sites for hydroxylation is 1. The maximum Gasteiger partial charge on any atom is 0.408 e. The van der Waals surface area contributed by atoms with Crippen molar-refractivity contribution in [1.29, 1.82) is 0 Å². The van der Waals surface area contributed by atoms with Gasteiger partial charge in [0.1, 0.15) is 17.7 Å². The van der Waals surface area contributed by atoms with E-state index in [2.05, 4.69) is 30.2 Å². The summed E-state index contributed by atoms with van der Waals surface area (Å²) in [6.45, 7) is 14.9. The number of amides is 3. The topological polar surface area (TPSA) is 87.7 Å². The summed E-state index contributed by atoms with van der Waals surface area (Å²) in [5.41, 5.74) is 1.06. The van der Waals surface area contributed by atoms with Gasteiger partial charge in [0.05, 0.1) is 0 Å². The summed E-state index contributed by atoms with van der Waals surface area (Å²) >= 11 is 4.29. The van der Waals surface area contributed by atoms with E-state index in [0.717, 1.165) is 18.4 Å². The third kappa shape index (κ3) is 9.27. The Morgan fingerprint density at radius 3 is 2.09 bits per heavy atom. The summed E-state index contributed by atoms with van der Waals surface area (Å²) in [5.74, 6) is -0.581. The van der Waals surface area contributed by atoms with Crippen molar-refractivity contribution in [2.75, 3.05) is 5.75 Å². The van der Waals surface area contributed by atoms with Gasteiger partial charge in [0.15, 0.2) is 0 Å². The molecule has 3 unspecified atom stereocenters. The van der Waals surface area contributed by atoms with Crippen LogP contribution in [0.25, 0.3) is 0 Å². The van der Waals surface area contributed by atoms with Gasteiger partial charge in [0.2, 0.25) is 11.8 Å². The molecule has 0 saturated carbocycles. The molecule has 2 N–H and O–H groups in total. The second-order valence-corrected chi connectivity index (χ2v) is 10.1. The van der Waals surface area contributed by atoms with Crippen LogP contribution < -0.4 is 10.6 Å². The number of hydrogen-bond donors (Lipinski definition) is 3. The number of thiol groups is 1. The maximum atomic E-state index is 13.6. The Kier molecular flexibility index (Phi) is 11.2. The Hall–Kier alpha value is -2.22. The molecule has 0 aliphatic rings. The third-order valence-corrected chi connectivity index (χ3v) is 5.38. The van der Waals surface area contributed by atoms with Crippen LogP contribution in [-0.2, 0) is 14.3 Å². The molecule has 0 saturated heterocycles. The average Bonchev–Trinajstić information content (AvgIpc) is 2.69. The van der Waals surface area contributed by atoms with Gasteiger partial charge in [-0.2, -0.15) is 12.6 Å². The lowest BCUT2D eigenvalue weighted by atomic mass is 9.99. The van der Waals surface area contributed by atoms with E-state index in [1.165, 1.54) is 4.90 Å². The number of carbonyl (C=O) groups is 3. The zero-order chi connectivity index (χ0) is 25.3. The van der Waals surface area contributed by atoms with Crippen LogP contribution in [0.5, 0.6) is 0 Å². The Morgan fingerprint density at radius 1 is 1.06 bits per heavy atom. The van der Waals surface area contributed by atoms with E-state index < -0.39 is 29.7 Å². The van der Waals surface area contributed by atoms with Crippen molar-refractivity contribution >= 4 is 30.5 Å². The number of benzene rings is 1. The van der Waals surface area contributed by atoms with Crippen LogP contribution in [0.15, 0.2) is 24.3 Å². The fourth-order valence-corrected chi connectivity index (χ4v) is 3.76. The van der Waals surface area contributed by atoms with Crippen molar-refractivity contribution in [3.63, 3.8) is 0 Å². The van der Waals surface area contributed by atoms with Crippen molar-refractivity contribution in [2.24, 2.45) is 0 Å². The fourth-order valence-electron chi connectivity index (χ4n) is 3.51. The molecule has 3 amide bonds. The van der Waals surface area contributed by atoms with Crippen LogP contribution in [0.4, 0.5) is 4.79 Å². The lowest BCUT2D eigenvalue weighted by Gasteiger charge is -2.37. The molecule has 33 heavy (non-hydrogen) atoms. The van der Waals surface area contributed by atoms with E-state index in [1.54, 1.807) is 20.8 Å². The van der Waals surface area contributed by atoms with Gasteiger partial charge in [-0.05, 0) is 60.5 Å². The molecule has 8 heteroatoms. The average molecular weight is 480 g/mol. The molecule has 1 rings (SSSR count). The Labute approximate surface area is 204 Å². The second-order valence-electron chi connectivity index (χ2n) is 9.73. The predicted octanol–water partition coefficient (Wildman–Crippen LogP) is 4.40. The van der Waals surface area contributed by atoms with E-state index in [9.17, 15) is 14.4 Å². The van der Waals surface area contributed by atoms with Crippen LogP contribution >= 0.6 is 12.6 Å². The first-order valence-electron chi connectivity index (χ1n) is 11.6. The molecule has 0 aliphatic heterocycles. The first-order chi connectivity index (χ1) is 15.3. The summed E-state index contributed by atoms with van der Waals surface area (Å²) in [6.07, 6.45) is 1.07. The molecule has 1 aromatic carbocycles. The lowest BCUT2D eigenvalue weighted by molar-refractivity contribution is -0.144. The molecule has 0 spiro atoms. The largest absolute Gasteiger partial charge is 0.444 e. The molecule has 0 radical (unpaired) electrons. The Morgan fingerprint density at radius 2 is 1.64 bits per heavy atom. The fraction of sp³-hybridized carbons (Fsp3) is 0.640. The number of carbonyl (C=O) groups excluding carboxylic acids is 3. The van der Waals surface area contributed by atoms with Crippen molar-refractivity contribution in [3.05, 3.63) is 35.4 Å². The standard InChI is InChI=1S/C25H41N3O4S/c1-9-10-18(5)26-22(29)21(19-13-11-17(4)12-14-19)28(16(2)3)23(30)20(15-33)27-24(31)32-25(6,7)8/h11-14,16,18,20-21,33H,9-10,15H2,1-8H3,(H,26,29)(H,27,31). The number of nitrogens with zero attached hydrogens (tertiary/aromatic N) is 1. The number of alkyl carbamates (subject to hydrolysis) is 1. The molecule has 7 nitrogen and oxygen atoms in total. The van der Waals surface area contributed by atoms with Crippen molar-refractivity contribution in [3.8, 4) is 0 Å². The molecular formula is C25H41N3O4S. The monoisotopic (exact) mass is 479 g/mol. The third-order valence-electron chi connectivity index (χ3n) is 5.01. The number of ether oxygens (including phenoxy) is 1. The summed E-state index contributed by atoms with van der Waals surface area (Å²) in [7, 11) is 0. The van der Waals surface area contributed by atoms with Crippen LogP contribution in [0, 0.1) is 6.92 Å². The highest BCUT2D eigenvalue weighted by atomic mass is 32.1. The van der Waals surface area contributed by atoms with Gasteiger partial charge in [0.25, 0.3) is 0 Å². The summed E-state index contributed by atoms with van der Waals surface area (Å²) in [6, 6.07) is 5.44. The van der Waals surface area contributed by atoms with E-state index in [-0.39, 0.29) is 23.7 Å². The van der Waals surface area contributed by atoms with Crippen LogP contribution in [-0.4, -0.2) is 52.3 Å². The summed E-state index contributed by atoms with van der Waals surface area (Å²) < 4.78 is 5.31. The van der Waals surface area contributed by atoms with E-state index in [4.69, 9.17) is 4.74 Å². The zero-order valence-corrected chi connectivity index (χ0v) is 22.2. The van der Waals surface area contributed by atoms with E-state index in [1.807, 2.05) is 52.0 Å². The van der Waals surface area contributed by atoms with Crippen molar-refractivity contribution < 1.29 is 19.1 Å². The minimum atomic E-state index is -0.945. The van der Waals surface area contributed by atoms with Gasteiger partial charge in [0, 0.05) is 17.8 Å². The van der Waals surface area contributed by atoms with Crippen molar-refractivity contribution in [1.82, 2.24) is 15.5 Å². The Balaban J connectivity index is 3.33. The van der Waals surface area contributed by atoms with E-state index in [0.29, 0.717) is 5.56 Å². The SMILES string of the molecule is CCCC(C)NC(=O)C(c1ccc(C)cc1)N(C(=O)C(CS)NC(=O)OC(C)(C)C)C(C)C. The molecule has 3 atom stereocenters. The molecule has 0 bridgehead atoms. The molecule has 0 heterocycles. The highest BCUT2D eigenvalue weighted by molar-refractivity contribution is 7.80. The molecule has 0 fully saturated rings. The van der Waals surface area contributed by atoms with E-state index >= 15 is 0 Å². The quantitative estimate of drug-likeness (QED) is 0.434. The van der Waals surface area contributed by atoms with Gasteiger partial charge in [-0.1, -0.05) is 43.2 Å². The van der Waals surface area contributed by atoms with Gasteiger partial charge >= 0.3 is 6.09 Å². The van der Waals surface area contributed by atoms with Gasteiger partial charge in [-0.3, -0.25) is 9.59 Å². The first kappa shape index (κ1) is 28.8. The second kappa shape index (κ2) is 12.9. The Bertz CT molecular complexity index is 790. The molecular weight excluding hydrogens is 438 g/mol. The highest BCUT2D eigenvalue weighted by Crippen LogP contribution is 2.26. The minimum Gasteiger partial charge on any atom is -0.444 e. The van der Waals surface area contributed by atoms with Crippen LogP contribution in [0.3, 0.4) is 0 Å². The molecule has 0 aliphatic carbocycles. The summed E-state index contributed by atoms with van der Waals surface area (Å²) in [5, 5.41) is 5.66. The zero-order valence-electron chi connectivity index (χ0n) is 21.3. The van der Waals surface area contributed by atoms with Gasteiger partial charge < -0.3 is 20.3 Å². The maximum absolute atomic E-state index is 13.6. The highest BCUT2D eigenvalue weighted by Gasteiger charge is 2.37. The molecule has 1 aromatic rings. The predicted molar refractivity (Wildman–Crippen MR) is 135 cm³/mol. The molecule has 0 aromatic heterocycles. The van der Waals surface area contributed by atoms with Gasteiger partial charge in [-0.15, -0.1) is 0 Å².